The van der Waals surface area contributed by atoms with Crippen molar-refractivity contribution in [3.05, 3.63) is 35.0 Å². The molecule has 0 spiro atoms. The summed E-state index contributed by atoms with van der Waals surface area (Å²) in [4.78, 5) is 13.2. The highest BCUT2D eigenvalue weighted by Gasteiger charge is 2.27. The van der Waals surface area contributed by atoms with E-state index in [4.69, 9.17) is 25.7 Å². The van der Waals surface area contributed by atoms with Crippen molar-refractivity contribution in [1.29, 1.82) is 5.41 Å². The van der Waals surface area contributed by atoms with Gasteiger partial charge < -0.3 is 25.2 Å². The zero-order valence-corrected chi connectivity index (χ0v) is 12.8. The van der Waals surface area contributed by atoms with Gasteiger partial charge in [0.15, 0.2) is 0 Å². The van der Waals surface area contributed by atoms with Crippen molar-refractivity contribution in [2.45, 2.75) is 12.5 Å². The van der Waals surface area contributed by atoms with Crippen LogP contribution in [0.1, 0.15) is 12.0 Å². The molecule has 3 rings (SSSR count). The average Bonchev–Trinajstić information content (AvgIpc) is 3.03. The Balaban J connectivity index is 1.88. The Bertz CT molecular complexity index is 699. The van der Waals surface area contributed by atoms with Gasteiger partial charge in [-0.25, -0.2) is 4.79 Å². The summed E-state index contributed by atoms with van der Waals surface area (Å²) in [5.74, 6) is -0.661. The van der Waals surface area contributed by atoms with E-state index in [0.29, 0.717) is 11.3 Å². The topological polar surface area (TPSA) is 109 Å². The van der Waals surface area contributed by atoms with Crippen molar-refractivity contribution >= 4 is 17.4 Å². The van der Waals surface area contributed by atoms with Crippen molar-refractivity contribution in [3.8, 4) is 5.75 Å². The number of carboxylic acids is 1. The molecular formula is C16H19N3O4. The summed E-state index contributed by atoms with van der Waals surface area (Å²) in [6, 6.07) is 5.58. The molecule has 4 N–H and O–H groups in total. The smallest absolute Gasteiger partial charge is 0.352 e. The van der Waals surface area contributed by atoms with Crippen LogP contribution in [0.5, 0.6) is 5.75 Å². The molecule has 1 aromatic carbocycles. The number of aliphatic carboxylic acids is 1. The van der Waals surface area contributed by atoms with Gasteiger partial charge in [0.25, 0.3) is 0 Å². The molecule has 2 aliphatic rings. The molecule has 0 radical (unpaired) electrons. The van der Waals surface area contributed by atoms with Crippen LogP contribution in [0.2, 0.25) is 0 Å². The molecule has 0 amide bonds. The Hall–Kier alpha value is -2.54. The first-order valence-corrected chi connectivity index (χ1v) is 7.37. The van der Waals surface area contributed by atoms with Gasteiger partial charge in [0.05, 0.1) is 11.8 Å². The van der Waals surface area contributed by atoms with Crippen LogP contribution < -0.4 is 15.4 Å². The fourth-order valence-electron chi connectivity index (χ4n) is 2.91. The third kappa shape index (κ3) is 2.75. The van der Waals surface area contributed by atoms with Gasteiger partial charge in [-0.15, -0.1) is 0 Å². The molecular weight excluding hydrogens is 298 g/mol. The minimum Gasteiger partial charge on any atom is -0.488 e. The van der Waals surface area contributed by atoms with Crippen molar-refractivity contribution < 1.29 is 19.4 Å². The Morgan fingerprint density at radius 1 is 1.52 bits per heavy atom. The fraction of sp³-hybridized carbons (Fsp3) is 0.375. The Kier molecular flexibility index (Phi) is 3.96. The lowest BCUT2D eigenvalue weighted by molar-refractivity contribution is -0.132. The quantitative estimate of drug-likeness (QED) is 0.717. The molecule has 2 aliphatic heterocycles. The van der Waals surface area contributed by atoms with Crippen molar-refractivity contribution in [2.24, 2.45) is 5.73 Å². The van der Waals surface area contributed by atoms with Crippen molar-refractivity contribution in [3.63, 3.8) is 0 Å². The van der Waals surface area contributed by atoms with Crippen LogP contribution in [0.15, 0.2) is 29.5 Å². The maximum atomic E-state index is 11.0. The summed E-state index contributed by atoms with van der Waals surface area (Å²) in [7, 11) is 1.71. The number of ether oxygens (including phenoxy) is 2. The lowest BCUT2D eigenvalue weighted by atomic mass is 9.97. The summed E-state index contributed by atoms with van der Waals surface area (Å²) < 4.78 is 11.0. The normalized spacial score (nSPS) is 22.6. The van der Waals surface area contributed by atoms with Crippen LogP contribution in [0.25, 0.3) is 0 Å². The minimum absolute atomic E-state index is 0.00584. The number of carbonyl (C=O) groups is 1. The number of anilines is 1. The molecule has 0 saturated carbocycles. The molecule has 23 heavy (non-hydrogen) atoms. The van der Waals surface area contributed by atoms with E-state index in [-0.39, 0.29) is 29.7 Å². The number of nitrogens with two attached hydrogens (primary N) is 1. The summed E-state index contributed by atoms with van der Waals surface area (Å²) in [6.07, 6.45) is 1.21. The van der Waals surface area contributed by atoms with Gasteiger partial charge in [-0.05, 0) is 18.6 Å². The summed E-state index contributed by atoms with van der Waals surface area (Å²) >= 11 is 0. The molecule has 7 heteroatoms. The van der Waals surface area contributed by atoms with Gasteiger partial charge in [-0.3, -0.25) is 5.41 Å². The van der Waals surface area contributed by atoms with Gasteiger partial charge in [-0.2, -0.15) is 0 Å². The van der Waals surface area contributed by atoms with E-state index in [1.165, 1.54) is 0 Å². The molecule has 7 nitrogen and oxygen atoms in total. The molecule has 1 atom stereocenters. The van der Waals surface area contributed by atoms with E-state index < -0.39 is 5.97 Å². The first kappa shape index (κ1) is 15.4. The van der Waals surface area contributed by atoms with Gasteiger partial charge >= 0.3 is 5.97 Å². The van der Waals surface area contributed by atoms with Crippen LogP contribution in [-0.4, -0.2) is 49.7 Å². The highest BCUT2D eigenvalue weighted by atomic mass is 16.5. The second kappa shape index (κ2) is 5.92. The van der Waals surface area contributed by atoms with Crippen LogP contribution in [0.3, 0.4) is 0 Å². The lowest BCUT2D eigenvalue weighted by Crippen LogP contribution is -2.27. The molecule has 1 aromatic rings. The van der Waals surface area contributed by atoms with Crippen molar-refractivity contribution in [1.82, 2.24) is 0 Å². The third-order valence-corrected chi connectivity index (χ3v) is 4.31. The minimum atomic E-state index is -1.24. The number of nitrogens with one attached hydrogen (secondary N) is 1. The van der Waals surface area contributed by atoms with Crippen LogP contribution >= 0.6 is 0 Å². The Morgan fingerprint density at radius 2 is 2.30 bits per heavy atom. The molecule has 122 valence electrons. The third-order valence-electron chi connectivity index (χ3n) is 4.31. The van der Waals surface area contributed by atoms with E-state index in [9.17, 15) is 4.79 Å². The summed E-state index contributed by atoms with van der Waals surface area (Å²) in [6.45, 7) is 1.73. The largest absolute Gasteiger partial charge is 0.488 e. The highest BCUT2D eigenvalue weighted by molar-refractivity contribution is 6.16. The van der Waals surface area contributed by atoms with Crippen molar-refractivity contribution in [2.75, 3.05) is 31.7 Å². The van der Waals surface area contributed by atoms with E-state index in [1.54, 1.807) is 13.2 Å². The maximum Gasteiger partial charge on any atom is 0.352 e. The van der Waals surface area contributed by atoms with E-state index in [2.05, 4.69) is 4.90 Å². The molecule has 0 aromatic heterocycles. The van der Waals surface area contributed by atoms with E-state index >= 15 is 0 Å². The number of rotatable bonds is 3. The zero-order valence-electron chi connectivity index (χ0n) is 12.8. The van der Waals surface area contributed by atoms with Crippen LogP contribution in [0, 0.1) is 5.41 Å². The maximum absolute atomic E-state index is 11.0. The predicted octanol–water partition coefficient (Wildman–Crippen LogP) is 0.969. The molecule has 0 bridgehead atoms. The van der Waals surface area contributed by atoms with E-state index in [0.717, 1.165) is 25.2 Å². The SMILES string of the molecule is COC1CCN(c2ccc3c(c2)OCC(=C(N)C(=O)O)C3=N)C1. The van der Waals surface area contributed by atoms with Crippen LogP contribution in [0.4, 0.5) is 5.69 Å². The number of benzene rings is 1. The predicted molar refractivity (Wildman–Crippen MR) is 85.2 cm³/mol. The first-order chi connectivity index (χ1) is 11.0. The fourth-order valence-corrected chi connectivity index (χ4v) is 2.91. The number of nitrogens with zero attached hydrogens (tertiary/aromatic N) is 1. The second-order valence-electron chi connectivity index (χ2n) is 5.63. The number of hydrogen-bond donors (Lipinski definition) is 3. The lowest BCUT2D eigenvalue weighted by Gasteiger charge is -2.25. The second-order valence-corrected chi connectivity index (χ2v) is 5.63. The number of hydrogen-bond acceptors (Lipinski definition) is 6. The zero-order chi connectivity index (χ0) is 16.6. The molecule has 2 heterocycles. The average molecular weight is 317 g/mol. The summed E-state index contributed by atoms with van der Waals surface area (Å²) in [5, 5.41) is 17.2. The van der Waals surface area contributed by atoms with Gasteiger partial charge in [-0.1, -0.05) is 0 Å². The molecule has 0 aliphatic carbocycles. The summed E-state index contributed by atoms with van der Waals surface area (Å²) in [5.41, 5.74) is 7.07. The number of carboxylic acid groups (broad SMARTS) is 1. The molecule has 1 fully saturated rings. The van der Waals surface area contributed by atoms with Gasteiger partial charge in [0.2, 0.25) is 0 Å². The highest BCUT2D eigenvalue weighted by Crippen LogP contribution is 2.33. The van der Waals surface area contributed by atoms with Gasteiger partial charge in [0, 0.05) is 43.1 Å². The number of fused-ring (bicyclic) bond motifs is 1. The Labute approximate surface area is 133 Å². The monoisotopic (exact) mass is 317 g/mol. The van der Waals surface area contributed by atoms with E-state index in [1.807, 2.05) is 12.1 Å². The first-order valence-electron chi connectivity index (χ1n) is 7.37. The van der Waals surface area contributed by atoms with Crippen LogP contribution in [-0.2, 0) is 9.53 Å². The molecule has 1 unspecified atom stereocenters. The molecule has 1 saturated heterocycles. The number of methoxy groups -OCH3 is 1. The Morgan fingerprint density at radius 3 is 2.96 bits per heavy atom. The standard InChI is InChI=1S/C16H19N3O4/c1-22-10-4-5-19(7-10)9-2-3-11-13(6-9)23-8-12(14(11)17)15(18)16(20)21/h2-3,6,10,17H,4-5,7-8,18H2,1H3,(H,20,21). The van der Waals surface area contributed by atoms with Gasteiger partial charge in [0.1, 0.15) is 18.1 Å².